The Morgan fingerprint density at radius 3 is 2.50 bits per heavy atom. The number of hydrogen-bond donors (Lipinski definition) is 2. The van der Waals surface area contributed by atoms with Gasteiger partial charge in [-0.25, -0.2) is 4.68 Å². The Balaban J connectivity index is 2.17. The molecule has 2 aromatic rings. The molecule has 1 aromatic carbocycles. The van der Waals surface area contributed by atoms with Gasteiger partial charge in [0.25, 0.3) is 0 Å². The molecule has 0 unspecified atom stereocenters. The maximum absolute atomic E-state index is 10.6. The average Bonchev–Trinajstić information content (AvgIpc) is 2.72. The molecule has 0 aliphatic carbocycles. The Morgan fingerprint density at radius 1 is 1.33 bits per heavy atom. The zero-order chi connectivity index (χ0) is 13.1. The third-order valence-electron chi connectivity index (χ3n) is 2.38. The molecule has 18 heavy (non-hydrogen) atoms. The maximum atomic E-state index is 10.6. The van der Waals surface area contributed by atoms with Gasteiger partial charge in [-0.1, -0.05) is 17.2 Å². The summed E-state index contributed by atoms with van der Waals surface area (Å²) in [5.74, 6) is -0.325. The van der Waals surface area contributed by atoms with E-state index in [1.165, 1.54) is 4.68 Å². The molecule has 0 saturated carbocycles. The molecule has 0 aliphatic rings. The lowest BCUT2D eigenvalue weighted by molar-refractivity contribution is -0.721. The Kier molecular flexibility index (Phi) is 3.92. The van der Waals surface area contributed by atoms with Gasteiger partial charge in [0.1, 0.15) is 0 Å². The highest BCUT2D eigenvalue weighted by atomic mass is 79.9. The quantitative estimate of drug-likeness (QED) is 0.808. The van der Waals surface area contributed by atoms with Crippen molar-refractivity contribution in [3.05, 3.63) is 45.0 Å². The summed E-state index contributed by atoms with van der Waals surface area (Å²) in [5, 5.41) is 26.7. The molecule has 7 nitrogen and oxygen atoms in total. The third kappa shape index (κ3) is 2.85. The highest BCUT2D eigenvalue weighted by Crippen LogP contribution is 2.13. The van der Waals surface area contributed by atoms with Gasteiger partial charge in [-0.3, -0.25) is 0 Å². The van der Waals surface area contributed by atoms with Crippen LogP contribution in [0.3, 0.4) is 0 Å². The Bertz CT molecular complexity index is 526. The summed E-state index contributed by atoms with van der Waals surface area (Å²) < 4.78 is 1.82. The number of nitrogens with zero attached hydrogens (tertiary/aromatic N) is 3. The number of quaternary nitrogens is 1. The van der Waals surface area contributed by atoms with Crippen molar-refractivity contribution in [2.24, 2.45) is 0 Å². The van der Waals surface area contributed by atoms with Gasteiger partial charge in [0.05, 0.1) is 6.54 Å². The number of nitrogens with one attached hydrogen (secondary N) is 2. The summed E-state index contributed by atoms with van der Waals surface area (Å²) in [6, 6.07) is 7.72. The topological polar surface area (TPSA) is 93.3 Å². The van der Waals surface area contributed by atoms with E-state index in [2.05, 4.69) is 31.3 Å². The summed E-state index contributed by atoms with van der Waals surface area (Å²) in [6.45, 7) is 0.435. The van der Waals surface area contributed by atoms with Crippen molar-refractivity contribution in [1.82, 2.24) is 14.8 Å². The second-order valence-corrected chi connectivity index (χ2v) is 4.31. The fraction of sp³-hybridized carbons (Fsp3) is 0.200. The summed E-state index contributed by atoms with van der Waals surface area (Å²) in [4.78, 5) is 3.73. The number of benzene rings is 1. The first-order valence-electron chi connectivity index (χ1n) is 5.18. The van der Waals surface area contributed by atoms with Crippen LogP contribution in [0.5, 0.6) is 0 Å². The predicted octanol–water partition coefficient (Wildman–Crippen LogP) is 0.643. The van der Waals surface area contributed by atoms with Gasteiger partial charge in [0.2, 0.25) is 4.73 Å². The summed E-state index contributed by atoms with van der Waals surface area (Å²) >= 11 is 3.16. The van der Waals surface area contributed by atoms with E-state index < -0.39 is 5.23 Å². The summed E-state index contributed by atoms with van der Waals surface area (Å²) in [5.41, 5.74) is 2.00. The highest BCUT2D eigenvalue weighted by Gasteiger charge is 2.09. The minimum atomic E-state index is -1.39. The molecule has 1 aromatic heterocycles. The van der Waals surface area contributed by atoms with Crippen LogP contribution in [-0.4, -0.2) is 21.8 Å². The first kappa shape index (κ1) is 13.0. The fourth-order valence-electron chi connectivity index (χ4n) is 1.46. The van der Waals surface area contributed by atoms with Gasteiger partial charge in [-0.15, -0.1) is 4.98 Å². The van der Waals surface area contributed by atoms with Crippen LogP contribution in [0.4, 0.5) is 11.6 Å². The maximum Gasteiger partial charge on any atom is 0.347 e. The minimum Gasteiger partial charge on any atom is -0.625 e. The first-order valence-corrected chi connectivity index (χ1v) is 5.98. The summed E-state index contributed by atoms with van der Waals surface area (Å²) in [7, 11) is 1.84. The van der Waals surface area contributed by atoms with Gasteiger partial charge in [-0.2, -0.15) is 0 Å². The van der Waals surface area contributed by atoms with Crippen molar-refractivity contribution in [3.63, 3.8) is 0 Å². The zero-order valence-electron chi connectivity index (χ0n) is 9.55. The molecule has 0 radical (unpaired) electrons. The minimum absolute atomic E-state index is 0.325. The van der Waals surface area contributed by atoms with E-state index in [9.17, 15) is 10.4 Å². The number of anilines is 1. The van der Waals surface area contributed by atoms with E-state index >= 15 is 0 Å². The Hall–Kier alpha value is -1.48. The van der Waals surface area contributed by atoms with Crippen LogP contribution in [0.1, 0.15) is 5.56 Å². The van der Waals surface area contributed by atoms with E-state index in [1.807, 2.05) is 31.3 Å². The third-order valence-corrected chi connectivity index (χ3v) is 2.97. The van der Waals surface area contributed by atoms with Crippen LogP contribution in [0.15, 0.2) is 29.0 Å². The molecule has 0 atom stereocenters. The lowest BCUT2D eigenvalue weighted by Gasteiger charge is -2.19. The number of hydrogen-bond acceptors (Lipinski definition) is 5. The lowest BCUT2D eigenvalue weighted by Crippen LogP contribution is -2.96. The van der Waals surface area contributed by atoms with Crippen molar-refractivity contribution in [3.8, 4) is 0 Å². The number of halogens is 1. The van der Waals surface area contributed by atoms with Crippen molar-refractivity contribution < 1.29 is 5.23 Å². The standard InChI is InChI=1S/C10H11BrN5O2/c1-12-8-4-2-7(3-5-8)6-15-9(11)13-10(14-15)16(17)18/h2-5,12,16H,6H2,1H3/q-1. The van der Waals surface area contributed by atoms with Gasteiger partial charge in [-0.05, 0) is 33.6 Å². The highest BCUT2D eigenvalue weighted by molar-refractivity contribution is 9.10. The summed E-state index contributed by atoms with van der Waals surface area (Å²) in [6.07, 6.45) is 0. The SMILES string of the molecule is CNc1ccc(Cn2nc([NH+]([O-])[O-])nc2Br)cc1. The second kappa shape index (κ2) is 5.44. The van der Waals surface area contributed by atoms with Crippen LogP contribution >= 0.6 is 15.9 Å². The molecule has 8 heteroatoms. The van der Waals surface area contributed by atoms with Crippen LogP contribution in [0, 0.1) is 10.4 Å². The van der Waals surface area contributed by atoms with Crippen LogP contribution in [-0.2, 0) is 6.54 Å². The van der Waals surface area contributed by atoms with E-state index in [4.69, 9.17) is 0 Å². The molecule has 1 heterocycles. The predicted molar refractivity (Wildman–Crippen MR) is 70.2 cm³/mol. The fourth-order valence-corrected chi connectivity index (χ4v) is 1.83. The Morgan fingerprint density at radius 2 is 2.00 bits per heavy atom. The molecule has 0 bridgehead atoms. The molecule has 2 N–H and O–H groups in total. The second-order valence-electron chi connectivity index (χ2n) is 3.60. The normalized spacial score (nSPS) is 10.9. The van der Waals surface area contributed by atoms with Crippen LogP contribution < -0.4 is 10.5 Å². The van der Waals surface area contributed by atoms with Gasteiger partial charge in [0, 0.05) is 12.7 Å². The van der Waals surface area contributed by atoms with Gasteiger partial charge >= 0.3 is 5.95 Å². The van der Waals surface area contributed by atoms with E-state index in [1.54, 1.807) is 0 Å². The number of rotatable bonds is 4. The zero-order valence-corrected chi connectivity index (χ0v) is 11.1. The van der Waals surface area contributed by atoms with Crippen molar-refractivity contribution in [1.29, 1.82) is 0 Å². The molecule has 0 aliphatic heterocycles. The van der Waals surface area contributed by atoms with Crippen molar-refractivity contribution >= 4 is 27.6 Å². The van der Waals surface area contributed by atoms with Gasteiger partial charge < -0.3 is 21.0 Å². The van der Waals surface area contributed by atoms with Gasteiger partial charge in [0.15, 0.2) is 0 Å². The molecular weight excluding hydrogens is 302 g/mol. The molecule has 0 amide bonds. The van der Waals surface area contributed by atoms with Crippen LogP contribution in [0.2, 0.25) is 0 Å². The monoisotopic (exact) mass is 312 g/mol. The number of aromatic nitrogens is 3. The van der Waals surface area contributed by atoms with E-state index in [0.717, 1.165) is 11.3 Å². The van der Waals surface area contributed by atoms with E-state index in [-0.39, 0.29) is 5.95 Å². The smallest absolute Gasteiger partial charge is 0.347 e. The van der Waals surface area contributed by atoms with Crippen molar-refractivity contribution in [2.75, 3.05) is 12.4 Å². The Labute approximate surface area is 112 Å². The molecule has 0 fully saturated rings. The van der Waals surface area contributed by atoms with Crippen LogP contribution in [0.25, 0.3) is 0 Å². The first-order chi connectivity index (χ1) is 8.60. The van der Waals surface area contributed by atoms with E-state index in [0.29, 0.717) is 11.3 Å². The van der Waals surface area contributed by atoms with Crippen molar-refractivity contribution in [2.45, 2.75) is 6.54 Å². The molecule has 0 saturated heterocycles. The average molecular weight is 313 g/mol. The molecule has 96 valence electrons. The lowest BCUT2D eigenvalue weighted by atomic mass is 10.2. The molecule has 0 spiro atoms. The molecular formula is C10H11BrN5O2-. The largest absolute Gasteiger partial charge is 0.625 e. The molecule has 2 rings (SSSR count).